The number of carbonyl (C=O) groups is 1. The van der Waals surface area contributed by atoms with Gasteiger partial charge in [-0.3, -0.25) is 4.79 Å². The summed E-state index contributed by atoms with van der Waals surface area (Å²) in [4.78, 5) is 13.1. The molecule has 7 N–H and O–H groups in total. The Balaban J connectivity index is 2.21. The Morgan fingerprint density at radius 3 is 1.16 bits per heavy atom. The van der Waals surface area contributed by atoms with Gasteiger partial charge in [0.05, 0.1) is 25.4 Å². The van der Waals surface area contributed by atoms with Crippen LogP contribution in [0.4, 0.5) is 0 Å². The molecular formula is C51H101NO9. The van der Waals surface area contributed by atoms with Crippen molar-refractivity contribution in [2.75, 3.05) is 13.2 Å². The zero-order valence-electron chi connectivity index (χ0n) is 39.8. The molecule has 1 fully saturated rings. The summed E-state index contributed by atoms with van der Waals surface area (Å²) in [6.45, 7) is 3.68. The van der Waals surface area contributed by atoms with E-state index in [1.165, 1.54) is 186 Å². The van der Waals surface area contributed by atoms with Gasteiger partial charge in [0.2, 0.25) is 5.91 Å². The van der Waals surface area contributed by atoms with E-state index in [1.807, 2.05) is 0 Å². The second kappa shape index (κ2) is 41.8. The smallest absolute Gasteiger partial charge is 0.249 e. The van der Waals surface area contributed by atoms with Crippen molar-refractivity contribution in [1.29, 1.82) is 0 Å². The number of amides is 1. The fourth-order valence-corrected chi connectivity index (χ4v) is 8.76. The van der Waals surface area contributed by atoms with Crippen LogP contribution in [-0.4, -0.2) is 98.7 Å². The number of carbonyl (C=O) groups excluding carboxylic acids is 1. The maximum Gasteiger partial charge on any atom is 0.249 e. The van der Waals surface area contributed by atoms with Gasteiger partial charge in [-0.25, -0.2) is 0 Å². The average Bonchev–Trinajstić information content (AvgIpc) is 3.26. The molecule has 0 aromatic rings. The van der Waals surface area contributed by atoms with Crippen molar-refractivity contribution in [1.82, 2.24) is 5.32 Å². The number of unbranched alkanes of at least 4 members (excludes halogenated alkanes) is 34. The van der Waals surface area contributed by atoms with Crippen molar-refractivity contribution in [2.45, 2.75) is 307 Å². The van der Waals surface area contributed by atoms with Crippen molar-refractivity contribution in [3.63, 3.8) is 0 Å². The van der Waals surface area contributed by atoms with Crippen molar-refractivity contribution >= 4 is 5.91 Å². The summed E-state index contributed by atoms with van der Waals surface area (Å²) in [6.07, 6.45) is 37.4. The van der Waals surface area contributed by atoms with Gasteiger partial charge in [-0.05, 0) is 12.8 Å². The molecule has 0 aromatic heterocycles. The molecule has 1 amide bonds. The van der Waals surface area contributed by atoms with E-state index in [0.717, 1.165) is 44.9 Å². The fraction of sp³-hybridized carbons (Fsp3) is 0.980. The molecule has 61 heavy (non-hydrogen) atoms. The predicted octanol–water partition coefficient (Wildman–Crippen LogP) is 10.9. The number of ether oxygens (including phenoxy) is 2. The molecule has 8 unspecified atom stereocenters. The molecule has 0 saturated carbocycles. The van der Waals surface area contributed by atoms with E-state index in [9.17, 15) is 35.4 Å². The zero-order chi connectivity index (χ0) is 44.6. The minimum absolute atomic E-state index is 0.250. The van der Waals surface area contributed by atoms with E-state index >= 15 is 0 Å². The molecule has 0 radical (unpaired) electrons. The van der Waals surface area contributed by atoms with Gasteiger partial charge >= 0.3 is 0 Å². The Labute approximate surface area is 375 Å². The molecule has 10 heteroatoms. The van der Waals surface area contributed by atoms with E-state index in [2.05, 4.69) is 19.2 Å². The molecule has 0 bridgehead atoms. The molecule has 1 heterocycles. The lowest BCUT2D eigenvalue weighted by molar-refractivity contribution is -0.302. The largest absolute Gasteiger partial charge is 0.394 e. The van der Waals surface area contributed by atoms with Crippen LogP contribution in [0.1, 0.15) is 258 Å². The highest BCUT2D eigenvalue weighted by Crippen LogP contribution is 2.23. The van der Waals surface area contributed by atoms with Gasteiger partial charge in [0.1, 0.15) is 30.5 Å². The normalized spacial score (nSPS) is 20.8. The van der Waals surface area contributed by atoms with Crippen LogP contribution >= 0.6 is 0 Å². The number of aliphatic hydroxyl groups excluding tert-OH is 6. The Kier molecular flexibility index (Phi) is 39.9. The first kappa shape index (κ1) is 58.2. The van der Waals surface area contributed by atoms with Gasteiger partial charge in [0.15, 0.2) is 6.29 Å². The van der Waals surface area contributed by atoms with Gasteiger partial charge in [0.25, 0.3) is 0 Å². The highest BCUT2D eigenvalue weighted by atomic mass is 16.7. The minimum atomic E-state index is -1.59. The first-order valence-electron chi connectivity index (χ1n) is 26.3. The van der Waals surface area contributed by atoms with Crippen LogP contribution in [-0.2, 0) is 14.3 Å². The Morgan fingerprint density at radius 1 is 0.492 bits per heavy atom. The molecule has 1 saturated heterocycles. The van der Waals surface area contributed by atoms with Crippen LogP contribution in [0.25, 0.3) is 0 Å². The number of aliphatic hydroxyl groups is 6. The van der Waals surface area contributed by atoms with Crippen LogP contribution < -0.4 is 5.32 Å². The van der Waals surface area contributed by atoms with Crippen molar-refractivity contribution < 1.29 is 44.9 Å². The van der Waals surface area contributed by atoms with Crippen LogP contribution in [0.2, 0.25) is 0 Å². The molecular weight excluding hydrogens is 771 g/mol. The van der Waals surface area contributed by atoms with Crippen molar-refractivity contribution in [3.8, 4) is 0 Å². The van der Waals surface area contributed by atoms with Gasteiger partial charge in [-0.2, -0.15) is 0 Å². The number of nitrogens with one attached hydrogen (secondary N) is 1. The van der Waals surface area contributed by atoms with E-state index in [-0.39, 0.29) is 6.61 Å². The first-order valence-corrected chi connectivity index (χ1v) is 26.3. The summed E-state index contributed by atoms with van der Waals surface area (Å²) in [5.41, 5.74) is 0. The summed E-state index contributed by atoms with van der Waals surface area (Å²) in [5.74, 6) is -0.579. The molecule has 0 aromatic carbocycles. The second-order valence-corrected chi connectivity index (χ2v) is 18.8. The molecule has 10 nitrogen and oxygen atoms in total. The number of hydrogen-bond donors (Lipinski definition) is 7. The first-order chi connectivity index (χ1) is 29.8. The fourth-order valence-electron chi connectivity index (χ4n) is 8.76. The monoisotopic (exact) mass is 872 g/mol. The maximum atomic E-state index is 13.1. The van der Waals surface area contributed by atoms with E-state index in [4.69, 9.17) is 9.47 Å². The summed E-state index contributed by atoms with van der Waals surface area (Å²) >= 11 is 0. The third kappa shape index (κ3) is 31.6. The molecule has 0 spiro atoms. The van der Waals surface area contributed by atoms with E-state index in [0.29, 0.717) is 12.8 Å². The minimum Gasteiger partial charge on any atom is -0.394 e. The van der Waals surface area contributed by atoms with Crippen LogP contribution in [0.5, 0.6) is 0 Å². The molecule has 0 aliphatic carbocycles. The van der Waals surface area contributed by atoms with Gasteiger partial charge in [0, 0.05) is 0 Å². The average molecular weight is 872 g/mol. The summed E-state index contributed by atoms with van der Waals surface area (Å²) in [7, 11) is 0. The Morgan fingerprint density at radius 2 is 0.820 bits per heavy atom. The SMILES string of the molecule is CCCCCCCCCCCCCCCCCCCCCCCCCCCC(O)C(=O)NC(COC1OC(CO)C(O)C(O)C1O)C(O)CCCCCCCCCCCCC. The third-order valence-electron chi connectivity index (χ3n) is 13.1. The standard InChI is InChI=1S/C51H101NO9/c1-3-5-7-9-11-13-15-16-17-18-19-20-21-22-23-24-25-26-27-28-30-32-34-36-38-40-45(55)50(59)52-43(42-60-51-49(58)48(57)47(56)46(41-53)61-51)44(54)39-37-35-33-31-29-14-12-10-8-6-4-2/h43-49,51,53-58H,3-42H2,1-2H3,(H,52,59). The van der Waals surface area contributed by atoms with Gasteiger partial charge < -0.3 is 45.4 Å². The molecule has 1 rings (SSSR count). The zero-order valence-corrected chi connectivity index (χ0v) is 39.8. The van der Waals surface area contributed by atoms with Gasteiger partial charge in [-0.1, -0.05) is 245 Å². The third-order valence-corrected chi connectivity index (χ3v) is 13.1. The maximum absolute atomic E-state index is 13.1. The van der Waals surface area contributed by atoms with Crippen molar-refractivity contribution in [3.05, 3.63) is 0 Å². The Hall–Kier alpha value is -0.850. The van der Waals surface area contributed by atoms with E-state index < -0.39 is 61.5 Å². The van der Waals surface area contributed by atoms with Crippen LogP contribution in [0, 0.1) is 0 Å². The van der Waals surface area contributed by atoms with Crippen LogP contribution in [0.15, 0.2) is 0 Å². The molecule has 1 aliphatic rings. The lowest BCUT2D eigenvalue weighted by atomic mass is 9.99. The topological polar surface area (TPSA) is 169 Å². The predicted molar refractivity (Wildman–Crippen MR) is 250 cm³/mol. The quantitative estimate of drug-likeness (QED) is 0.0295. The highest BCUT2D eigenvalue weighted by Gasteiger charge is 2.44. The number of rotatable bonds is 45. The molecule has 1 aliphatic heterocycles. The molecule has 364 valence electrons. The van der Waals surface area contributed by atoms with Gasteiger partial charge in [-0.15, -0.1) is 0 Å². The number of hydrogen-bond acceptors (Lipinski definition) is 9. The summed E-state index contributed by atoms with van der Waals surface area (Å²) < 4.78 is 11.2. The second-order valence-electron chi connectivity index (χ2n) is 18.8. The van der Waals surface area contributed by atoms with Crippen LogP contribution in [0.3, 0.4) is 0 Å². The molecule has 8 atom stereocenters. The lowest BCUT2D eigenvalue weighted by Gasteiger charge is -2.40. The van der Waals surface area contributed by atoms with E-state index in [1.54, 1.807) is 0 Å². The highest BCUT2D eigenvalue weighted by molar-refractivity contribution is 5.80. The Bertz CT molecular complexity index is 942. The van der Waals surface area contributed by atoms with Crippen molar-refractivity contribution in [2.24, 2.45) is 0 Å². The summed E-state index contributed by atoms with van der Waals surface area (Å²) in [5, 5.41) is 64.9. The summed E-state index contributed by atoms with van der Waals surface area (Å²) in [6, 6.07) is -0.887. The lowest BCUT2D eigenvalue weighted by Crippen LogP contribution is -2.60.